The fourth-order valence-electron chi connectivity index (χ4n) is 5.01. The summed E-state index contributed by atoms with van der Waals surface area (Å²) in [5.41, 5.74) is 3.60. The van der Waals surface area contributed by atoms with Crippen LogP contribution in [0.2, 0.25) is 0 Å². The second-order valence-electron chi connectivity index (χ2n) is 9.17. The summed E-state index contributed by atoms with van der Waals surface area (Å²) in [6.45, 7) is 6.85. The molecule has 6 heteroatoms. The van der Waals surface area contributed by atoms with Gasteiger partial charge in [0, 0.05) is 51.0 Å². The average Bonchev–Trinajstić information content (AvgIpc) is 3.12. The number of carbonyl (C=O) groups is 1. The summed E-state index contributed by atoms with van der Waals surface area (Å²) in [6, 6.07) is 12.5. The van der Waals surface area contributed by atoms with Crippen molar-refractivity contribution in [1.29, 1.82) is 0 Å². The lowest BCUT2D eigenvalue weighted by molar-refractivity contribution is 0.0505. The Labute approximate surface area is 191 Å². The number of ether oxygens (including phenoxy) is 1. The molecule has 4 rings (SSSR count). The first-order valence-corrected chi connectivity index (χ1v) is 12.0. The van der Waals surface area contributed by atoms with E-state index in [2.05, 4.69) is 57.8 Å². The summed E-state index contributed by atoms with van der Waals surface area (Å²) in [4.78, 5) is 19.6. The van der Waals surface area contributed by atoms with Gasteiger partial charge in [0.1, 0.15) is 5.82 Å². The molecule has 2 fully saturated rings. The van der Waals surface area contributed by atoms with Crippen LogP contribution < -0.4 is 15.5 Å². The van der Waals surface area contributed by atoms with Gasteiger partial charge in [-0.3, -0.25) is 0 Å². The fourth-order valence-corrected chi connectivity index (χ4v) is 5.01. The van der Waals surface area contributed by atoms with Gasteiger partial charge in [-0.25, -0.2) is 9.78 Å². The summed E-state index contributed by atoms with van der Waals surface area (Å²) in [7, 11) is 0. The summed E-state index contributed by atoms with van der Waals surface area (Å²) < 4.78 is 5.63. The highest BCUT2D eigenvalue weighted by Gasteiger charge is 2.35. The van der Waals surface area contributed by atoms with E-state index in [1.54, 1.807) is 0 Å². The van der Waals surface area contributed by atoms with Crippen molar-refractivity contribution >= 4 is 11.8 Å². The zero-order valence-corrected chi connectivity index (χ0v) is 19.2. The van der Waals surface area contributed by atoms with Crippen molar-refractivity contribution in [2.45, 2.75) is 57.4 Å². The highest BCUT2D eigenvalue weighted by atomic mass is 16.5. The number of nitrogens with one attached hydrogen (secondary N) is 2. The predicted octanol–water partition coefficient (Wildman–Crippen LogP) is 4.32. The van der Waals surface area contributed by atoms with Crippen LogP contribution in [0.1, 0.15) is 55.2 Å². The molecule has 0 radical (unpaired) electrons. The Balaban J connectivity index is 1.34. The first-order valence-electron chi connectivity index (χ1n) is 12.0. The van der Waals surface area contributed by atoms with Crippen LogP contribution in [0.15, 0.2) is 42.6 Å². The van der Waals surface area contributed by atoms with Gasteiger partial charge in [0.15, 0.2) is 0 Å². The van der Waals surface area contributed by atoms with Crippen molar-refractivity contribution in [3.8, 4) is 0 Å². The summed E-state index contributed by atoms with van der Waals surface area (Å²) in [6.07, 6.45) is 8.73. The zero-order valence-electron chi connectivity index (χ0n) is 19.2. The standard InChI is InChI=1S/C26H36N4O2/c1-21-8-4-5-9-23(21)26(11-16-32-17-12-26)20-29-25(31)28-19-22-10-13-27-24(18-22)30-14-6-2-3-7-15-30/h4-5,8-10,13,18H,2-3,6-7,11-12,14-17,19-20H2,1H3,(H2,28,29,31). The molecule has 2 aliphatic heterocycles. The Morgan fingerprint density at radius 1 is 1.06 bits per heavy atom. The van der Waals surface area contributed by atoms with E-state index in [0.29, 0.717) is 13.1 Å². The molecule has 172 valence electrons. The highest BCUT2D eigenvalue weighted by molar-refractivity contribution is 5.74. The Morgan fingerprint density at radius 3 is 2.56 bits per heavy atom. The van der Waals surface area contributed by atoms with Gasteiger partial charge < -0.3 is 20.3 Å². The second-order valence-corrected chi connectivity index (χ2v) is 9.17. The van der Waals surface area contributed by atoms with Crippen molar-refractivity contribution in [2.75, 3.05) is 37.7 Å². The molecule has 2 aliphatic rings. The number of hydrogen-bond acceptors (Lipinski definition) is 4. The Hall–Kier alpha value is -2.60. The first kappa shape index (κ1) is 22.6. The Bertz CT molecular complexity index is 887. The number of aryl methyl sites for hydroxylation is 1. The molecule has 2 amide bonds. The van der Waals surface area contributed by atoms with Gasteiger partial charge in [0.25, 0.3) is 0 Å². The lowest BCUT2D eigenvalue weighted by Crippen LogP contribution is -2.47. The fraction of sp³-hybridized carbons (Fsp3) is 0.538. The zero-order chi connectivity index (χ0) is 22.2. The number of rotatable bonds is 6. The monoisotopic (exact) mass is 436 g/mol. The normalized spacial score (nSPS) is 18.6. The molecule has 1 aromatic heterocycles. The topological polar surface area (TPSA) is 66.5 Å². The number of amides is 2. The SMILES string of the molecule is Cc1ccccc1C1(CNC(=O)NCc2ccnc(N3CCCCCC3)c2)CCOCC1. The molecular weight excluding hydrogens is 400 g/mol. The minimum absolute atomic E-state index is 0.0719. The van der Waals surface area contributed by atoms with E-state index in [4.69, 9.17) is 4.74 Å². The molecule has 2 aromatic rings. The largest absolute Gasteiger partial charge is 0.381 e. The van der Waals surface area contributed by atoms with Crippen molar-refractivity contribution in [1.82, 2.24) is 15.6 Å². The van der Waals surface area contributed by atoms with E-state index in [1.807, 2.05) is 12.3 Å². The molecule has 0 aliphatic carbocycles. The summed E-state index contributed by atoms with van der Waals surface area (Å²) >= 11 is 0. The number of carbonyl (C=O) groups excluding carboxylic acids is 1. The van der Waals surface area contributed by atoms with Gasteiger partial charge in [-0.2, -0.15) is 0 Å². The third kappa shape index (κ3) is 5.60. The van der Waals surface area contributed by atoms with Crippen LogP contribution in [0.5, 0.6) is 0 Å². The lowest BCUT2D eigenvalue weighted by Gasteiger charge is -2.39. The van der Waals surface area contributed by atoms with Crippen LogP contribution in [0.3, 0.4) is 0 Å². The molecule has 0 saturated carbocycles. The van der Waals surface area contributed by atoms with Crippen LogP contribution >= 0.6 is 0 Å². The minimum atomic E-state index is -0.127. The van der Waals surface area contributed by atoms with Crippen molar-refractivity contribution in [2.24, 2.45) is 0 Å². The van der Waals surface area contributed by atoms with Gasteiger partial charge in [-0.1, -0.05) is 37.1 Å². The number of anilines is 1. The molecule has 3 heterocycles. The van der Waals surface area contributed by atoms with Crippen LogP contribution in [0.25, 0.3) is 0 Å². The van der Waals surface area contributed by atoms with Gasteiger partial charge in [-0.05, 0) is 61.4 Å². The third-order valence-corrected chi connectivity index (χ3v) is 6.95. The van der Waals surface area contributed by atoms with E-state index in [9.17, 15) is 4.79 Å². The Morgan fingerprint density at radius 2 is 1.81 bits per heavy atom. The number of benzene rings is 1. The van der Waals surface area contributed by atoms with Gasteiger partial charge in [0.2, 0.25) is 0 Å². The van der Waals surface area contributed by atoms with Crippen LogP contribution in [-0.2, 0) is 16.7 Å². The van der Waals surface area contributed by atoms with Gasteiger partial charge in [-0.15, -0.1) is 0 Å². The molecule has 32 heavy (non-hydrogen) atoms. The van der Waals surface area contributed by atoms with E-state index < -0.39 is 0 Å². The molecule has 2 saturated heterocycles. The maximum atomic E-state index is 12.7. The van der Waals surface area contributed by atoms with Crippen molar-refractivity contribution in [3.05, 3.63) is 59.3 Å². The highest BCUT2D eigenvalue weighted by Crippen LogP contribution is 2.36. The van der Waals surface area contributed by atoms with Crippen molar-refractivity contribution in [3.63, 3.8) is 0 Å². The Kier molecular flexibility index (Phi) is 7.63. The maximum Gasteiger partial charge on any atom is 0.315 e. The lowest BCUT2D eigenvalue weighted by atomic mass is 9.72. The quantitative estimate of drug-likeness (QED) is 0.708. The van der Waals surface area contributed by atoms with E-state index in [0.717, 1.165) is 50.5 Å². The predicted molar refractivity (Wildman–Crippen MR) is 128 cm³/mol. The number of urea groups is 1. The second kappa shape index (κ2) is 10.8. The molecule has 0 unspecified atom stereocenters. The van der Waals surface area contributed by atoms with Crippen LogP contribution in [0, 0.1) is 6.92 Å². The van der Waals surface area contributed by atoms with E-state index in [-0.39, 0.29) is 11.4 Å². The number of hydrogen-bond donors (Lipinski definition) is 2. The number of aromatic nitrogens is 1. The first-order chi connectivity index (χ1) is 15.7. The molecule has 0 bridgehead atoms. The summed E-state index contributed by atoms with van der Waals surface area (Å²) in [5.74, 6) is 1.02. The van der Waals surface area contributed by atoms with Gasteiger partial charge in [0.05, 0.1) is 0 Å². The number of pyridine rings is 1. The van der Waals surface area contributed by atoms with Crippen molar-refractivity contribution < 1.29 is 9.53 Å². The molecule has 2 N–H and O–H groups in total. The molecular formula is C26H36N4O2. The summed E-state index contributed by atoms with van der Waals surface area (Å²) in [5, 5.41) is 6.18. The van der Waals surface area contributed by atoms with E-state index in [1.165, 1.54) is 36.8 Å². The minimum Gasteiger partial charge on any atom is -0.381 e. The molecule has 0 atom stereocenters. The van der Waals surface area contributed by atoms with Crippen LogP contribution in [0.4, 0.5) is 10.6 Å². The van der Waals surface area contributed by atoms with Gasteiger partial charge >= 0.3 is 6.03 Å². The molecule has 1 aromatic carbocycles. The smallest absolute Gasteiger partial charge is 0.315 e. The average molecular weight is 437 g/mol. The van der Waals surface area contributed by atoms with Crippen LogP contribution in [-0.4, -0.2) is 43.9 Å². The molecule has 0 spiro atoms. The third-order valence-electron chi connectivity index (χ3n) is 6.95. The maximum absolute atomic E-state index is 12.7. The number of nitrogens with zero attached hydrogens (tertiary/aromatic N) is 2. The molecule has 6 nitrogen and oxygen atoms in total. The van der Waals surface area contributed by atoms with E-state index >= 15 is 0 Å².